The molecule has 0 saturated heterocycles. The van der Waals surface area contributed by atoms with Crippen LogP contribution in [-0.2, 0) is 22.6 Å². The summed E-state index contributed by atoms with van der Waals surface area (Å²) in [6, 6.07) is 12.1. The van der Waals surface area contributed by atoms with Crippen molar-refractivity contribution in [2.45, 2.75) is 10.9 Å². The van der Waals surface area contributed by atoms with Crippen molar-refractivity contribution in [1.82, 2.24) is 9.55 Å². The van der Waals surface area contributed by atoms with E-state index in [1.54, 1.807) is 61.2 Å². The molecule has 23 heavy (non-hydrogen) atoms. The maximum atomic E-state index is 12.7. The molecule has 0 atom stereocenters. The molecule has 0 radical (unpaired) electrons. The number of sulfone groups is 1. The Hall–Kier alpha value is -2.05. The minimum absolute atomic E-state index is 0.0329. The van der Waals surface area contributed by atoms with E-state index in [4.69, 9.17) is 16.3 Å². The van der Waals surface area contributed by atoms with Gasteiger partial charge in [0.1, 0.15) is 5.75 Å². The predicted octanol–water partition coefficient (Wildman–Crippen LogP) is 3.21. The van der Waals surface area contributed by atoms with Crippen molar-refractivity contribution >= 4 is 32.5 Å². The molecule has 120 valence electrons. The maximum absolute atomic E-state index is 12.7. The number of aryl methyl sites for hydroxylation is 1. The lowest BCUT2D eigenvalue weighted by Crippen LogP contribution is -2.11. The van der Waals surface area contributed by atoms with Crippen molar-refractivity contribution in [3.05, 3.63) is 53.1 Å². The molecular formula is C16H15ClN2O3S. The van der Waals surface area contributed by atoms with Crippen LogP contribution in [-0.4, -0.2) is 25.1 Å². The largest absolute Gasteiger partial charge is 0.497 e. The Labute approximate surface area is 139 Å². The highest BCUT2D eigenvalue weighted by Gasteiger charge is 2.22. The fraction of sp³-hybridized carbons (Fsp3) is 0.188. The Morgan fingerprint density at radius 3 is 2.52 bits per heavy atom. The minimum atomic E-state index is -3.57. The molecule has 0 bridgehead atoms. The first-order valence-corrected chi connectivity index (χ1v) is 8.91. The van der Waals surface area contributed by atoms with Crippen molar-refractivity contribution < 1.29 is 13.2 Å². The molecule has 7 heteroatoms. The van der Waals surface area contributed by atoms with Crippen molar-refractivity contribution in [1.29, 1.82) is 0 Å². The normalized spacial score (nSPS) is 11.8. The molecule has 0 fully saturated rings. The molecule has 0 amide bonds. The second kappa shape index (κ2) is 5.86. The first-order chi connectivity index (χ1) is 10.9. The Morgan fingerprint density at radius 2 is 1.87 bits per heavy atom. The summed E-state index contributed by atoms with van der Waals surface area (Å²) in [6.07, 6.45) is 0. The Bertz CT molecular complexity index is 963. The fourth-order valence-corrected chi connectivity index (χ4v) is 4.11. The number of benzene rings is 2. The quantitative estimate of drug-likeness (QED) is 0.725. The van der Waals surface area contributed by atoms with Crippen LogP contribution in [0.4, 0.5) is 0 Å². The summed E-state index contributed by atoms with van der Waals surface area (Å²) < 4.78 is 32.0. The van der Waals surface area contributed by atoms with Gasteiger partial charge in [0.05, 0.1) is 23.9 Å². The zero-order chi connectivity index (χ0) is 16.6. The van der Waals surface area contributed by atoms with Crippen molar-refractivity contribution in [2.75, 3.05) is 7.11 Å². The van der Waals surface area contributed by atoms with Crippen LogP contribution in [0.25, 0.3) is 11.0 Å². The molecule has 0 saturated carbocycles. The second-order valence-corrected chi connectivity index (χ2v) is 7.51. The first kappa shape index (κ1) is 15.8. The molecule has 0 spiro atoms. The first-order valence-electron chi connectivity index (χ1n) is 6.88. The number of methoxy groups -OCH3 is 1. The summed E-state index contributed by atoms with van der Waals surface area (Å²) in [4.78, 5) is 4.24. The topological polar surface area (TPSA) is 61.2 Å². The van der Waals surface area contributed by atoms with Crippen LogP contribution in [0, 0.1) is 0 Å². The minimum Gasteiger partial charge on any atom is -0.497 e. The van der Waals surface area contributed by atoms with Crippen LogP contribution < -0.4 is 4.74 Å². The van der Waals surface area contributed by atoms with E-state index in [1.807, 2.05) is 0 Å². The second-order valence-electron chi connectivity index (χ2n) is 5.19. The van der Waals surface area contributed by atoms with Gasteiger partial charge in [0.15, 0.2) is 0 Å². The van der Waals surface area contributed by atoms with Crippen molar-refractivity contribution in [3.8, 4) is 5.75 Å². The Balaban J connectivity index is 2.00. The van der Waals surface area contributed by atoms with Gasteiger partial charge in [0.25, 0.3) is 0 Å². The molecule has 0 unspecified atom stereocenters. The third-order valence-corrected chi connectivity index (χ3v) is 5.47. The van der Waals surface area contributed by atoms with E-state index in [0.717, 1.165) is 5.52 Å². The summed E-state index contributed by atoms with van der Waals surface area (Å²) >= 11 is 5.94. The highest BCUT2D eigenvalue weighted by atomic mass is 35.5. The number of aromatic nitrogens is 2. The number of halogens is 1. The smallest absolute Gasteiger partial charge is 0.228 e. The molecule has 2 aromatic carbocycles. The molecular weight excluding hydrogens is 336 g/mol. The number of imidazole rings is 1. The summed E-state index contributed by atoms with van der Waals surface area (Å²) in [5.74, 6) is 0.561. The van der Waals surface area contributed by atoms with Gasteiger partial charge >= 0.3 is 0 Å². The average molecular weight is 351 g/mol. The standard InChI is InChI=1S/C16H15ClN2O3S/c1-19-15-8-5-12(17)9-14(15)18-16(19)23(20,21)10-11-3-6-13(22-2)7-4-11/h3-9H,10H2,1-2H3. The summed E-state index contributed by atoms with van der Waals surface area (Å²) in [7, 11) is -0.320. The van der Waals surface area contributed by atoms with Gasteiger partial charge in [0.2, 0.25) is 15.0 Å². The molecule has 1 heterocycles. The van der Waals surface area contributed by atoms with E-state index in [0.29, 0.717) is 21.9 Å². The molecule has 5 nitrogen and oxygen atoms in total. The lowest BCUT2D eigenvalue weighted by Gasteiger charge is -2.06. The number of hydrogen-bond donors (Lipinski definition) is 0. The lowest BCUT2D eigenvalue weighted by atomic mass is 10.2. The van der Waals surface area contributed by atoms with Crippen LogP contribution in [0.1, 0.15) is 5.56 Å². The van der Waals surface area contributed by atoms with Gasteiger partial charge in [-0.1, -0.05) is 23.7 Å². The van der Waals surface area contributed by atoms with Gasteiger partial charge in [0, 0.05) is 12.1 Å². The van der Waals surface area contributed by atoms with Gasteiger partial charge in [-0.15, -0.1) is 0 Å². The zero-order valence-electron chi connectivity index (χ0n) is 12.7. The van der Waals surface area contributed by atoms with Gasteiger partial charge in [-0.3, -0.25) is 0 Å². The highest BCUT2D eigenvalue weighted by Crippen LogP contribution is 2.24. The number of nitrogens with zero attached hydrogens (tertiary/aromatic N) is 2. The third kappa shape index (κ3) is 3.04. The van der Waals surface area contributed by atoms with Gasteiger partial charge in [-0.2, -0.15) is 0 Å². The van der Waals surface area contributed by atoms with Crippen LogP contribution in [0.2, 0.25) is 5.02 Å². The number of hydrogen-bond acceptors (Lipinski definition) is 4. The molecule has 0 aliphatic rings. The van der Waals surface area contributed by atoms with Crippen LogP contribution >= 0.6 is 11.6 Å². The predicted molar refractivity (Wildman–Crippen MR) is 89.6 cm³/mol. The molecule has 0 aliphatic carbocycles. The third-order valence-electron chi connectivity index (χ3n) is 3.60. The fourth-order valence-electron chi connectivity index (χ4n) is 2.43. The maximum Gasteiger partial charge on any atom is 0.228 e. The Kier molecular flexibility index (Phi) is 4.04. The molecule has 3 rings (SSSR count). The van der Waals surface area contributed by atoms with E-state index >= 15 is 0 Å². The van der Waals surface area contributed by atoms with Crippen molar-refractivity contribution in [2.24, 2.45) is 7.05 Å². The monoisotopic (exact) mass is 350 g/mol. The van der Waals surface area contributed by atoms with E-state index in [-0.39, 0.29) is 10.9 Å². The molecule has 0 aliphatic heterocycles. The number of ether oxygens (including phenoxy) is 1. The van der Waals surface area contributed by atoms with Crippen LogP contribution in [0.3, 0.4) is 0 Å². The van der Waals surface area contributed by atoms with Crippen LogP contribution in [0.5, 0.6) is 5.75 Å². The average Bonchev–Trinajstić information content (AvgIpc) is 2.85. The number of rotatable bonds is 4. The molecule has 0 N–H and O–H groups in total. The van der Waals surface area contributed by atoms with E-state index in [9.17, 15) is 8.42 Å². The van der Waals surface area contributed by atoms with E-state index in [2.05, 4.69) is 4.98 Å². The van der Waals surface area contributed by atoms with E-state index in [1.165, 1.54) is 0 Å². The Morgan fingerprint density at radius 1 is 1.17 bits per heavy atom. The molecule has 3 aromatic rings. The summed E-state index contributed by atoms with van der Waals surface area (Å²) in [6.45, 7) is 0. The lowest BCUT2D eigenvalue weighted by molar-refractivity contribution is 0.414. The highest BCUT2D eigenvalue weighted by molar-refractivity contribution is 7.90. The van der Waals surface area contributed by atoms with Gasteiger partial charge in [-0.25, -0.2) is 13.4 Å². The van der Waals surface area contributed by atoms with E-state index < -0.39 is 9.84 Å². The van der Waals surface area contributed by atoms with Crippen LogP contribution in [0.15, 0.2) is 47.6 Å². The van der Waals surface area contributed by atoms with Gasteiger partial charge in [-0.05, 0) is 35.9 Å². The summed E-state index contributed by atoms with van der Waals surface area (Å²) in [5, 5.41) is 0.556. The molecule has 1 aromatic heterocycles. The zero-order valence-corrected chi connectivity index (χ0v) is 14.2. The van der Waals surface area contributed by atoms with Crippen molar-refractivity contribution in [3.63, 3.8) is 0 Å². The SMILES string of the molecule is COc1ccc(CS(=O)(=O)c2nc3cc(Cl)ccc3n2C)cc1. The number of fused-ring (bicyclic) bond motifs is 1. The van der Waals surface area contributed by atoms with Gasteiger partial charge < -0.3 is 9.30 Å². The summed E-state index contributed by atoms with van der Waals surface area (Å²) in [5.41, 5.74) is 1.96.